The highest BCUT2D eigenvalue weighted by molar-refractivity contribution is 5.95. The van der Waals surface area contributed by atoms with E-state index in [9.17, 15) is 14.0 Å². The molecule has 6 heteroatoms. The largest absolute Gasteiger partial charge is 0.494 e. The molecule has 0 aliphatic rings. The van der Waals surface area contributed by atoms with Gasteiger partial charge in [-0.2, -0.15) is 0 Å². The molecule has 30 heavy (non-hydrogen) atoms. The van der Waals surface area contributed by atoms with Gasteiger partial charge in [0.2, 0.25) is 0 Å². The van der Waals surface area contributed by atoms with Crippen LogP contribution in [0.3, 0.4) is 0 Å². The summed E-state index contributed by atoms with van der Waals surface area (Å²) in [5.41, 5.74) is 0.119. The lowest BCUT2D eigenvalue weighted by Gasteiger charge is -2.09. The van der Waals surface area contributed by atoms with Gasteiger partial charge in [-0.1, -0.05) is 32.8 Å². The number of benzene rings is 2. The number of Topliss-reactive ketones (excluding diaryl/α,β-unsaturated/α-hetero) is 1. The van der Waals surface area contributed by atoms with Crippen LogP contribution in [0.4, 0.5) is 4.39 Å². The Hall–Kier alpha value is -3.15. The van der Waals surface area contributed by atoms with E-state index in [0.29, 0.717) is 17.9 Å². The Morgan fingerprint density at radius 3 is 2.23 bits per heavy atom. The first kappa shape index (κ1) is 23.1. The monoisotopic (exact) mass is 414 g/mol. The first-order valence-electron chi connectivity index (χ1n) is 9.96. The number of rotatable bonds is 12. The van der Waals surface area contributed by atoms with Crippen molar-refractivity contribution >= 4 is 11.8 Å². The third kappa shape index (κ3) is 7.35. The standard InChI is InChI=1S/C24H27FO5/c1-4-5-6-7-14-28-18-8-10-19(11-9-18)30-24(27)21-13-12-20(15-22(21)25)29-16-23(26)17(2)3/h8-13,15H,2,4-7,14,16H2,1,3H3. The number of carbonyl (C=O) groups excluding carboxylic acids is 2. The van der Waals surface area contributed by atoms with Gasteiger partial charge in [0, 0.05) is 6.07 Å². The second-order valence-electron chi connectivity index (χ2n) is 6.90. The van der Waals surface area contributed by atoms with Crippen LogP contribution in [-0.4, -0.2) is 25.0 Å². The number of unbranched alkanes of at least 4 members (excludes halogenated alkanes) is 3. The average Bonchev–Trinajstić information content (AvgIpc) is 2.72. The Labute approximate surface area is 176 Å². The molecule has 0 saturated carbocycles. The molecule has 0 N–H and O–H groups in total. The molecule has 2 aromatic carbocycles. The Balaban J connectivity index is 1.89. The lowest BCUT2D eigenvalue weighted by atomic mass is 10.2. The number of halogens is 1. The minimum atomic E-state index is -0.828. The van der Waals surface area contributed by atoms with E-state index in [1.54, 1.807) is 31.2 Å². The summed E-state index contributed by atoms with van der Waals surface area (Å²) >= 11 is 0. The van der Waals surface area contributed by atoms with E-state index < -0.39 is 11.8 Å². The molecule has 0 amide bonds. The molecular formula is C24H27FO5. The highest BCUT2D eigenvalue weighted by Crippen LogP contribution is 2.22. The fourth-order valence-corrected chi connectivity index (χ4v) is 2.51. The van der Waals surface area contributed by atoms with Crippen molar-refractivity contribution in [1.82, 2.24) is 0 Å². The van der Waals surface area contributed by atoms with Crippen LogP contribution in [0.5, 0.6) is 17.2 Å². The molecule has 0 spiro atoms. The van der Waals surface area contributed by atoms with Gasteiger partial charge in [0.05, 0.1) is 12.2 Å². The molecule has 0 aliphatic carbocycles. The van der Waals surface area contributed by atoms with Gasteiger partial charge in [-0.25, -0.2) is 9.18 Å². The van der Waals surface area contributed by atoms with Crippen molar-refractivity contribution in [2.75, 3.05) is 13.2 Å². The summed E-state index contributed by atoms with van der Waals surface area (Å²) in [5, 5.41) is 0. The predicted molar refractivity (Wildman–Crippen MR) is 113 cm³/mol. The molecule has 0 radical (unpaired) electrons. The van der Waals surface area contributed by atoms with Crippen LogP contribution < -0.4 is 14.2 Å². The maximum Gasteiger partial charge on any atom is 0.346 e. The van der Waals surface area contributed by atoms with Gasteiger partial charge >= 0.3 is 5.97 Å². The Kier molecular flexibility index (Phi) is 9.06. The van der Waals surface area contributed by atoms with Crippen molar-refractivity contribution in [3.05, 3.63) is 66.0 Å². The minimum Gasteiger partial charge on any atom is -0.494 e. The Bertz CT molecular complexity index is 874. The van der Waals surface area contributed by atoms with Gasteiger partial charge in [-0.15, -0.1) is 0 Å². The number of ether oxygens (including phenoxy) is 3. The molecule has 2 aromatic rings. The number of ketones is 1. The maximum absolute atomic E-state index is 14.3. The summed E-state index contributed by atoms with van der Waals surface area (Å²) in [6, 6.07) is 10.3. The zero-order chi connectivity index (χ0) is 21.9. The molecule has 0 atom stereocenters. The van der Waals surface area contributed by atoms with Crippen LogP contribution in [-0.2, 0) is 4.79 Å². The van der Waals surface area contributed by atoms with Gasteiger partial charge in [-0.3, -0.25) is 4.79 Å². The SMILES string of the molecule is C=C(C)C(=O)COc1ccc(C(=O)Oc2ccc(OCCCCCC)cc2)c(F)c1. The van der Waals surface area contributed by atoms with Crippen molar-refractivity contribution in [2.45, 2.75) is 39.5 Å². The van der Waals surface area contributed by atoms with Crippen molar-refractivity contribution in [3.8, 4) is 17.2 Å². The lowest BCUT2D eigenvalue weighted by molar-refractivity contribution is -0.117. The van der Waals surface area contributed by atoms with E-state index in [1.807, 2.05) is 0 Å². The van der Waals surface area contributed by atoms with Crippen LogP contribution in [0.1, 0.15) is 49.9 Å². The maximum atomic E-state index is 14.3. The summed E-state index contributed by atoms with van der Waals surface area (Å²) in [4.78, 5) is 23.8. The Morgan fingerprint density at radius 1 is 0.933 bits per heavy atom. The number of esters is 1. The summed E-state index contributed by atoms with van der Waals surface area (Å²) in [6.45, 7) is 7.63. The van der Waals surface area contributed by atoms with Gasteiger partial charge in [0.25, 0.3) is 0 Å². The number of hydrogen-bond acceptors (Lipinski definition) is 5. The smallest absolute Gasteiger partial charge is 0.346 e. The molecule has 0 heterocycles. The third-order valence-electron chi connectivity index (χ3n) is 4.31. The van der Waals surface area contributed by atoms with Crippen LogP contribution in [0.15, 0.2) is 54.6 Å². The summed E-state index contributed by atoms with van der Waals surface area (Å²) < 4.78 is 30.4. The van der Waals surface area contributed by atoms with Crippen LogP contribution in [0, 0.1) is 5.82 Å². The van der Waals surface area contributed by atoms with E-state index in [-0.39, 0.29) is 29.5 Å². The Morgan fingerprint density at radius 2 is 1.60 bits per heavy atom. The molecule has 0 aromatic heterocycles. The molecule has 0 aliphatic heterocycles. The second kappa shape index (κ2) is 11.8. The highest BCUT2D eigenvalue weighted by atomic mass is 19.1. The highest BCUT2D eigenvalue weighted by Gasteiger charge is 2.16. The second-order valence-corrected chi connectivity index (χ2v) is 6.90. The first-order chi connectivity index (χ1) is 14.4. The van der Waals surface area contributed by atoms with Gasteiger partial charge in [0.1, 0.15) is 23.1 Å². The first-order valence-corrected chi connectivity index (χ1v) is 9.96. The van der Waals surface area contributed by atoms with Gasteiger partial charge in [0.15, 0.2) is 12.4 Å². The van der Waals surface area contributed by atoms with E-state index in [2.05, 4.69) is 13.5 Å². The van der Waals surface area contributed by atoms with E-state index in [4.69, 9.17) is 14.2 Å². The molecule has 0 bridgehead atoms. The third-order valence-corrected chi connectivity index (χ3v) is 4.31. The normalized spacial score (nSPS) is 10.4. The van der Waals surface area contributed by atoms with Crippen molar-refractivity contribution in [3.63, 3.8) is 0 Å². The van der Waals surface area contributed by atoms with Crippen LogP contribution >= 0.6 is 0 Å². The van der Waals surface area contributed by atoms with Crippen molar-refractivity contribution < 1.29 is 28.2 Å². The minimum absolute atomic E-state index is 0.138. The van der Waals surface area contributed by atoms with Crippen LogP contribution in [0.25, 0.3) is 0 Å². The molecule has 2 rings (SSSR count). The number of hydrogen-bond donors (Lipinski definition) is 0. The molecule has 0 unspecified atom stereocenters. The lowest BCUT2D eigenvalue weighted by Crippen LogP contribution is -2.13. The average molecular weight is 414 g/mol. The summed E-state index contributed by atoms with van der Waals surface area (Å²) in [5.74, 6) is -0.808. The van der Waals surface area contributed by atoms with E-state index in [0.717, 1.165) is 18.9 Å². The molecule has 5 nitrogen and oxygen atoms in total. The topological polar surface area (TPSA) is 61.8 Å². The van der Waals surface area contributed by atoms with E-state index >= 15 is 0 Å². The predicted octanol–water partition coefficient (Wildman–Crippen LogP) is 5.53. The summed E-state index contributed by atoms with van der Waals surface area (Å²) in [6.07, 6.45) is 4.48. The zero-order valence-corrected chi connectivity index (χ0v) is 17.4. The zero-order valence-electron chi connectivity index (χ0n) is 17.4. The fraction of sp³-hybridized carbons (Fsp3) is 0.333. The van der Waals surface area contributed by atoms with E-state index in [1.165, 1.54) is 25.0 Å². The molecular weight excluding hydrogens is 387 g/mol. The quantitative estimate of drug-likeness (QED) is 0.198. The molecule has 160 valence electrons. The summed E-state index contributed by atoms with van der Waals surface area (Å²) in [7, 11) is 0. The van der Waals surface area contributed by atoms with Crippen molar-refractivity contribution in [2.24, 2.45) is 0 Å². The van der Waals surface area contributed by atoms with Gasteiger partial charge in [-0.05, 0) is 55.3 Å². The molecule has 0 fully saturated rings. The molecule has 0 saturated heterocycles. The van der Waals surface area contributed by atoms with Crippen LogP contribution in [0.2, 0.25) is 0 Å². The number of carbonyl (C=O) groups is 2. The fourth-order valence-electron chi connectivity index (χ4n) is 2.51. The van der Waals surface area contributed by atoms with Gasteiger partial charge < -0.3 is 14.2 Å². The van der Waals surface area contributed by atoms with Crippen molar-refractivity contribution in [1.29, 1.82) is 0 Å².